The number of alkyl carbamates (subject to hydrolysis) is 1. The molecule has 0 fully saturated rings. The van der Waals surface area contributed by atoms with Gasteiger partial charge < -0.3 is 24.6 Å². The standard InChI is InChI=1S/C24H29NO7S/c1-24(2,3)32-23(29)25-19(12-15-6-8-16(26)9-7-15)22(28)33-14-20(27)18-11-10-17(30-4)13-21(18)31-5/h6-11,13,19,26H,12,14H2,1-5H3,(H,25,29)/t19-/m0/s1. The summed E-state index contributed by atoms with van der Waals surface area (Å²) in [7, 11) is 2.96. The van der Waals surface area contributed by atoms with E-state index < -0.39 is 22.9 Å². The molecule has 1 amide bonds. The Labute approximate surface area is 197 Å². The van der Waals surface area contributed by atoms with Gasteiger partial charge in [-0.25, -0.2) is 4.79 Å². The van der Waals surface area contributed by atoms with Crippen LogP contribution in [0.25, 0.3) is 0 Å². The van der Waals surface area contributed by atoms with Crippen molar-refractivity contribution >= 4 is 28.8 Å². The Balaban J connectivity index is 2.12. The molecular formula is C24H29NO7S. The number of phenols is 1. The number of benzene rings is 2. The third-order valence-corrected chi connectivity index (χ3v) is 5.38. The summed E-state index contributed by atoms with van der Waals surface area (Å²) >= 11 is 0.804. The highest BCUT2D eigenvalue weighted by Gasteiger charge is 2.26. The largest absolute Gasteiger partial charge is 0.508 e. The summed E-state index contributed by atoms with van der Waals surface area (Å²) in [6.07, 6.45) is -0.561. The van der Waals surface area contributed by atoms with Crippen LogP contribution in [0.3, 0.4) is 0 Å². The smallest absolute Gasteiger partial charge is 0.408 e. The van der Waals surface area contributed by atoms with Gasteiger partial charge in [-0.1, -0.05) is 23.9 Å². The topological polar surface area (TPSA) is 111 Å². The van der Waals surface area contributed by atoms with Crippen molar-refractivity contribution in [3.63, 3.8) is 0 Å². The van der Waals surface area contributed by atoms with Crippen LogP contribution in [-0.4, -0.2) is 53.7 Å². The Morgan fingerprint density at radius 3 is 2.27 bits per heavy atom. The SMILES string of the molecule is COc1ccc(C(=O)CSC(=O)[C@H](Cc2ccc(O)cc2)NC(=O)OC(C)(C)C)c(OC)c1. The number of nitrogens with one attached hydrogen (secondary N) is 1. The van der Waals surface area contributed by atoms with Gasteiger partial charge >= 0.3 is 6.09 Å². The van der Waals surface area contributed by atoms with Crippen molar-refractivity contribution in [1.82, 2.24) is 5.32 Å². The first-order chi connectivity index (χ1) is 15.5. The molecule has 1 atom stereocenters. The minimum Gasteiger partial charge on any atom is -0.508 e. The number of ether oxygens (including phenoxy) is 3. The molecule has 2 rings (SSSR count). The number of amides is 1. The van der Waals surface area contributed by atoms with Crippen LogP contribution in [0.5, 0.6) is 17.2 Å². The molecule has 0 spiro atoms. The number of carbonyl (C=O) groups excluding carboxylic acids is 3. The van der Waals surface area contributed by atoms with Crippen molar-refractivity contribution in [2.24, 2.45) is 0 Å². The molecule has 2 N–H and O–H groups in total. The molecule has 8 nitrogen and oxygen atoms in total. The van der Waals surface area contributed by atoms with Gasteiger partial charge in [0.1, 0.15) is 28.9 Å². The molecule has 2 aromatic rings. The van der Waals surface area contributed by atoms with Crippen LogP contribution >= 0.6 is 11.8 Å². The van der Waals surface area contributed by atoms with Crippen LogP contribution in [0.4, 0.5) is 4.79 Å². The lowest BCUT2D eigenvalue weighted by molar-refractivity contribution is -0.112. The normalized spacial score (nSPS) is 11.9. The second-order valence-corrected chi connectivity index (χ2v) is 9.15. The Morgan fingerprint density at radius 1 is 1.03 bits per heavy atom. The van der Waals surface area contributed by atoms with E-state index in [2.05, 4.69) is 5.32 Å². The molecule has 2 aromatic carbocycles. The highest BCUT2D eigenvalue weighted by atomic mass is 32.2. The van der Waals surface area contributed by atoms with E-state index in [0.717, 1.165) is 17.3 Å². The van der Waals surface area contributed by atoms with Crippen molar-refractivity contribution in [1.29, 1.82) is 0 Å². The second kappa shape index (κ2) is 11.6. The number of hydrogen-bond acceptors (Lipinski definition) is 8. The van der Waals surface area contributed by atoms with Gasteiger partial charge in [-0.05, 0) is 50.6 Å². The zero-order valence-electron chi connectivity index (χ0n) is 19.3. The van der Waals surface area contributed by atoms with Gasteiger partial charge in [-0.15, -0.1) is 0 Å². The lowest BCUT2D eigenvalue weighted by Crippen LogP contribution is -2.44. The molecule has 0 aliphatic heterocycles. The molecule has 0 saturated carbocycles. The van der Waals surface area contributed by atoms with Crippen LogP contribution < -0.4 is 14.8 Å². The maximum Gasteiger partial charge on any atom is 0.408 e. The minimum atomic E-state index is -0.931. The highest BCUT2D eigenvalue weighted by Crippen LogP contribution is 2.26. The van der Waals surface area contributed by atoms with Crippen LogP contribution in [0.1, 0.15) is 36.7 Å². The molecule has 33 heavy (non-hydrogen) atoms. The summed E-state index contributed by atoms with van der Waals surface area (Å²) < 4.78 is 15.7. The molecule has 0 bridgehead atoms. The van der Waals surface area contributed by atoms with E-state index in [1.54, 1.807) is 51.1 Å². The number of rotatable bonds is 9. The number of ketones is 1. The number of methoxy groups -OCH3 is 2. The Hall–Kier alpha value is -3.20. The lowest BCUT2D eigenvalue weighted by Gasteiger charge is -2.23. The Morgan fingerprint density at radius 2 is 1.70 bits per heavy atom. The second-order valence-electron chi connectivity index (χ2n) is 8.17. The van der Waals surface area contributed by atoms with Crippen molar-refractivity contribution in [2.75, 3.05) is 20.0 Å². The molecule has 0 saturated heterocycles. The zero-order chi connectivity index (χ0) is 24.6. The first-order valence-corrected chi connectivity index (χ1v) is 11.2. The van der Waals surface area contributed by atoms with Crippen LogP contribution in [0.2, 0.25) is 0 Å². The van der Waals surface area contributed by atoms with E-state index in [1.165, 1.54) is 26.4 Å². The first kappa shape index (κ1) is 26.1. The van der Waals surface area contributed by atoms with Crippen LogP contribution in [0, 0.1) is 0 Å². The average Bonchev–Trinajstić information content (AvgIpc) is 2.76. The van der Waals surface area contributed by atoms with E-state index in [4.69, 9.17) is 14.2 Å². The van der Waals surface area contributed by atoms with E-state index in [1.807, 2.05) is 0 Å². The van der Waals surface area contributed by atoms with Gasteiger partial charge in [-0.3, -0.25) is 9.59 Å². The van der Waals surface area contributed by atoms with Gasteiger partial charge in [0.2, 0.25) is 5.12 Å². The Bertz CT molecular complexity index is 983. The summed E-state index contributed by atoms with van der Waals surface area (Å²) in [5.74, 6) is 0.551. The van der Waals surface area contributed by atoms with Crippen LogP contribution in [-0.2, 0) is 16.0 Å². The number of aromatic hydroxyl groups is 1. The molecule has 0 aliphatic rings. The number of hydrogen-bond donors (Lipinski definition) is 2. The van der Waals surface area contributed by atoms with Crippen molar-refractivity contribution < 1.29 is 33.7 Å². The quantitative estimate of drug-likeness (QED) is 0.524. The maximum atomic E-state index is 12.9. The van der Waals surface area contributed by atoms with Crippen molar-refractivity contribution in [3.8, 4) is 17.2 Å². The molecule has 0 aromatic heterocycles. The van der Waals surface area contributed by atoms with Gasteiger partial charge in [-0.2, -0.15) is 0 Å². The molecule has 0 radical (unpaired) electrons. The maximum absolute atomic E-state index is 12.9. The first-order valence-electron chi connectivity index (χ1n) is 10.2. The highest BCUT2D eigenvalue weighted by molar-refractivity contribution is 8.14. The van der Waals surface area contributed by atoms with E-state index in [9.17, 15) is 19.5 Å². The summed E-state index contributed by atoms with van der Waals surface area (Å²) in [6, 6.07) is 10.2. The summed E-state index contributed by atoms with van der Waals surface area (Å²) in [6.45, 7) is 5.16. The predicted octanol–water partition coefficient (Wildman–Crippen LogP) is 3.99. The monoisotopic (exact) mass is 475 g/mol. The van der Waals surface area contributed by atoms with Crippen molar-refractivity contribution in [2.45, 2.75) is 38.8 Å². The van der Waals surface area contributed by atoms with Crippen LogP contribution in [0.15, 0.2) is 42.5 Å². The van der Waals surface area contributed by atoms with E-state index in [-0.39, 0.29) is 23.7 Å². The average molecular weight is 476 g/mol. The van der Waals surface area contributed by atoms with Gasteiger partial charge in [0.25, 0.3) is 0 Å². The zero-order valence-corrected chi connectivity index (χ0v) is 20.2. The van der Waals surface area contributed by atoms with E-state index in [0.29, 0.717) is 17.1 Å². The minimum absolute atomic E-state index is 0.0927. The third kappa shape index (κ3) is 8.34. The molecule has 9 heteroatoms. The summed E-state index contributed by atoms with van der Waals surface area (Å²) in [4.78, 5) is 38.0. The molecule has 178 valence electrons. The number of carbonyl (C=O) groups is 3. The fraction of sp³-hybridized carbons (Fsp3) is 0.375. The Kier molecular flexibility index (Phi) is 9.16. The van der Waals surface area contributed by atoms with Gasteiger partial charge in [0.15, 0.2) is 5.78 Å². The summed E-state index contributed by atoms with van der Waals surface area (Å²) in [5.41, 5.74) is 0.323. The number of phenolic OH excluding ortho intramolecular Hbond substituents is 1. The molecule has 0 heterocycles. The number of Topliss-reactive ketones (excluding diaryl/α,β-unsaturated/α-hetero) is 1. The predicted molar refractivity (Wildman–Crippen MR) is 126 cm³/mol. The lowest BCUT2D eigenvalue weighted by atomic mass is 10.1. The van der Waals surface area contributed by atoms with E-state index >= 15 is 0 Å². The van der Waals surface area contributed by atoms with Crippen molar-refractivity contribution in [3.05, 3.63) is 53.6 Å². The summed E-state index contributed by atoms with van der Waals surface area (Å²) in [5, 5.41) is 11.7. The third-order valence-electron chi connectivity index (χ3n) is 4.41. The van der Waals surface area contributed by atoms with Gasteiger partial charge in [0.05, 0.1) is 25.5 Å². The molecule has 0 aliphatic carbocycles. The fourth-order valence-electron chi connectivity index (χ4n) is 2.85. The fourth-order valence-corrected chi connectivity index (χ4v) is 3.63. The molecular weight excluding hydrogens is 446 g/mol. The van der Waals surface area contributed by atoms with Gasteiger partial charge in [0, 0.05) is 12.5 Å². The number of thioether (sulfide) groups is 1. The molecule has 0 unspecified atom stereocenters.